The summed E-state index contributed by atoms with van der Waals surface area (Å²) in [4.78, 5) is 18.5. The van der Waals surface area contributed by atoms with E-state index in [1.54, 1.807) is 0 Å². The topological polar surface area (TPSA) is 60.5 Å². The number of hydrogen-bond donors (Lipinski definition) is 0. The number of carbonyl (C=O) groups is 1. The number of hydrogen-bond acceptors (Lipinski definition) is 7. The molecule has 0 N–H and O–H groups in total. The monoisotopic (exact) mass is 454 g/mol. The number of carbonyl (C=O) groups excluding carboxylic acids is 1. The van der Waals surface area contributed by atoms with Crippen LogP contribution in [0.3, 0.4) is 0 Å². The van der Waals surface area contributed by atoms with Crippen molar-refractivity contribution in [2.45, 2.75) is 5.79 Å². The van der Waals surface area contributed by atoms with E-state index in [9.17, 15) is 4.79 Å². The van der Waals surface area contributed by atoms with E-state index in [2.05, 4.69) is 9.80 Å². The van der Waals surface area contributed by atoms with Gasteiger partial charge in [-0.15, -0.1) is 0 Å². The van der Waals surface area contributed by atoms with Gasteiger partial charge in [0.1, 0.15) is 0 Å². The van der Waals surface area contributed by atoms with Crippen LogP contribution in [0.25, 0.3) is 0 Å². The highest BCUT2D eigenvalue weighted by molar-refractivity contribution is 6.02. The summed E-state index contributed by atoms with van der Waals surface area (Å²) in [5.41, 5.74) is 1.28. The van der Waals surface area contributed by atoms with Crippen LogP contribution in [0.2, 0.25) is 0 Å². The van der Waals surface area contributed by atoms with E-state index in [4.69, 9.17) is 18.9 Å². The molecule has 0 bridgehead atoms. The number of benzene rings is 2. The minimum absolute atomic E-state index is 0.182. The van der Waals surface area contributed by atoms with Crippen LogP contribution in [-0.4, -0.2) is 94.5 Å². The van der Waals surface area contributed by atoms with Crippen LogP contribution in [0, 0.1) is 0 Å². The highest BCUT2D eigenvalue weighted by Crippen LogP contribution is 2.32. The lowest BCUT2D eigenvalue weighted by Crippen LogP contribution is -2.46. The van der Waals surface area contributed by atoms with E-state index in [1.807, 2.05) is 60.7 Å². The number of nitrogens with zero attached hydrogens (tertiary/aromatic N) is 2. The Morgan fingerprint density at radius 2 is 1.18 bits per heavy atom. The van der Waals surface area contributed by atoms with Crippen molar-refractivity contribution in [2.75, 3.05) is 78.9 Å². The molecule has 2 aliphatic rings. The molecule has 7 heteroatoms. The molecular formula is C26H34N2O5. The molecule has 0 unspecified atom stereocenters. The van der Waals surface area contributed by atoms with Gasteiger partial charge in [-0.3, -0.25) is 14.6 Å². The third-order valence-electron chi connectivity index (χ3n) is 6.12. The lowest BCUT2D eigenvalue weighted by molar-refractivity contribution is -0.214. The molecule has 0 radical (unpaired) electrons. The van der Waals surface area contributed by atoms with Crippen LogP contribution in [0.4, 0.5) is 0 Å². The average Bonchev–Trinajstić information content (AvgIpc) is 2.90. The summed E-state index contributed by atoms with van der Waals surface area (Å²) >= 11 is 0. The molecule has 0 atom stereocenters. The van der Waals surface area contributed by atoms with E-state index in [1.165, 1.54) is 0 Å². The van der Waals surface area contributed by atoms with Gasteiger partial charge in [0.2, 0.25) is 5.78 Å². The Hall–Kier alpha value is -2.13. The lowest BCUT2D eigenvalue weighted by atomic mass is 9.95. The second kappa shape index (κ2) is 12.4. The molecular weight excluding hydrogens is 420 g/mol. The van der Waals surface area contributed by atoms with Gasteiger partial charge in [0.25, 0.3) is 5.79 Å². The fourth-order valence-corrected chi connectivity index (χ4v) is 4.19. The van der Waals surface area contributed by atoms with E-state index >= 15 is 0 Å². The van der Waals surface area contributed by atoms with Crippen molar-refractivity contribution in [3.8, 4) is 0 Å². The summed E-state index contributed by atoms with van der Waals surface area (Å²) in [7, 11) is 0. The molecule has 0 spiro atoms. The van der Waals surface area contributed by atoms with E-state index < -0.39 is 5.79 Å². The molecule has 2 heterocycles. The molecule has 0 aromatic heterocycles. The first-order valence-corrected chi connectivity index (χ1v) is 11.8. The Labute approximate surface area is 196 Å². The predicted molar refractivity (Wildman–Crippen MR) is 125 cm³/mol. The van der Waals surface area contributed by atoms with Gasteiger partial charge in [-0.1, -0.05) is 60.7 Å². The third kappa shape index (κ3) is 6.47. The maximum absolute atomic E-state index is 13.9. The van der Waals surface area contributed by atoms with Gasteiger partial charge in [-0.2, -0.15) is 0 Å². The fourth-order valence-electron chi connectivity index (χ4n) is 4.19. The van der Waals surface area contributed by atoms with Crippen LogP contribution in [0.15, 0.2) is 60.7 Å². The van der Waals surface area contributed by atoms with Crippen LogP contribution in [0.5, 0.6) is 0 Å². The Morgan fingerprint density at radius 3 is 1.67 bits per heavy atom. The molecule has 2 saturated heterocycles. The minimum atomic E-state index is -1.50. The summed E-state index contributed by atoms with van der Waals surface area (Å²) in [5.74, 6) is -1.68. The smallest absolute Gasteiger partial charge is 0.261 e. The average molecular weight is 455 g/mol. The van der Waals surface area contributed by atoms with Gasteiger partial charge in [0.15, 0.2) is 0 Å². The zero-order chi connectivity index (χ0) is 22.8. The predicted octanol–water partition coefficient (Wildman–Crippen LogP) is 2.42. The fraction of sp³-hybridized carbons (Fsp3) is 0.500. The van der Waals surface area contributed by atoms with Gasteiger partial charge in [0.05, 0.1) is 39.6 Å². The van der Waals surface area contributed by atoms with Crippen molar-refractivity contribution in [3.05, 3.63) is 71.8 Å². The van der Waals surface area contributed by atoms with Crippen molar-refractivity contribution in [3.63, 3.8) is 0 Å². The second-order valence-corrected chi connectivity index (χ2v) is 8.28. The molecule has 2 aliphatic heterocycles. The Kier molecular flexibility index (Phi) is 9.00. The number of ether oxygens (including phenoxy) is 4. The van der Waals surface area contributed by atoms with Gasteiger partial charge in [-0.05, 0) is 0 Å². The molecule has 0 aliphatic carbocycles. The minimum Gasteiger partial charge on any atom is -0.379 e. The lowest BCUT2D eigenvalue weighted by Gasteiger charge is -2.35. The van der Waals surface area contributed by atoms with Gasteiger partial charge < -0.3 is 18.9 Å². The standard InChI is InChI=1S/C26H34N2O5/c29-25(23-7-3-1-4-8-23)26(24-9-5-2-6-10-24,32-21-15-27-11-17-30-18-12-27)33-22-16-28-13-19-31-20-14-28/h1-10H,11-22H2. The summed E-state index contributed by atoms with van der Waals surface area (Å²) in [5, 5.41) is 0. The molecule has 2 aromatic carbocycles. The van der Waals surface area contributed by atoms with Gasteiger partial charge in [-0.25, -0.2) is 0 Å². The van der Waals surface area contributed by atoms with Crippen molar-refractivity contribution < 1.29 is 23.7 Å². The van der Waals surface area contributed by atoms with Gasteiger partial charge >= 0.3 is 0 Å². The summed E-state index contributed by atoms with van der Waals surface area (Å²) in [6.07, 6.45) is 0. The van der Waals surface area contributed by atoms with Crippen LogP contribution < -0.4 is 0 Å². The van der Waals surface area contributed by atoms with Gasteiger partial charge in [0, 0.05) is 50.4 Å². The molecule has 7 nitrogen and oxygen atoms in total. The molecule has 0 saturated carbocycles. The largest absolute Gasteiger partial charge is 0.379 e. The SMILES string of the molecule is O=C(c1ccccc1)C(OCCN1CCOCC1)(OCCN1CCOCC1)c1ccccc1. The highest BCUT2D eigenvalue weighted by Gasteiger charge is 2.43. The molecule has 4 rings (SSSR count). The van der Waals surface area contributed by atoms with Crippen molar-refractivity contribution in [1.82, 2.24) is 9.80 Å². The third-order valence-corrected chi connectivity index (χ3v) is 6.12. The van der Waals surface area contributed by atoms with Crippen molar-refractivity contribution in [1.29, 1.82) is 0 Å². The van der Waals surface area contributed by atoms with Crippen molar-refractivity contribution >= 4 is 5.78 Å². The van der Waals surface area contributed by atoms with E-state index in [0.717, 1.165) is 52.6 Å². The first-order chi connectivity index (χ1) is 16.3. The molecule has 33 heavy (non-hydrogen) atoms. The highest BCUT2D eigenvalue weighted by atomic mass is 16.7. The molecule has 2 aromatic rings. The summed E-state index contributed by atoms with van der Waals surface area (Å²) in [6.45, 7) is 8.56. The van der Waals surface area contributed by atoms with Crippen molar-refractivity contribution in [2.24, 2.45) is 0 Å². The van der Waals surface area contributed by atoms with Crippen LogP contribution in [-0.2, 0) is 24.7 Å². The number of morpholine rings is 2. The summed E-state index contributed by atoms with van der Waals surface area (Å²) < 4.78 is 23.7. The maximum Gasteiger partial charge on any atom is 0.261 e. The number of ketones is 1. The maximum atomic E-state index is 13.9. The van der Waals surface area contributed by atoms with E-state index in [-0.39, 0.29) is 5.78 Å². The quantitative estimate of drug-likeness (QED) is 0.382. The Morgan fingerprint density at radius 1 is 0.727 bits per heavy atom. The Balaban J connectivity index is 1.55. The first kappa shape index (κ1) is 24.0. The van der Waals surface area contributed by atoms with E-state index in [0.29, 0.717) is 37.4 Å². The normalized spacial score (nSPS) is 18.3. The second-order valence-electron chi connectivity index (χ2n) is 8.28. The number of Topliss-reactive ketones (excluding diaryl/α,β-unsaturated/α-hetero) is 1. The molecule has 2 fully saturated rings. The Bertz CT molecular complexity index is 812. The van der Waals surface area contributed by atoms with Crippen LogP contribution >= 0.6 is 0 Å². The zero-order valence-corrected chi connectivity index (χ0v) is 19.2. The van der Waals surface area contributed by atoms with Crippen LogP contribution in [0.1, 0.15) is 15.9 Å². The first-order valence-electron chi connectivity index (χ1n) is 11.8. The number of rotatable bonds is 11. The summed E-state index contributed by atoms with van der Waals surface area (Å²) in [6, 6.07) is 18.8. The zero-order valence-electron chi connectivity index (χ0n) is 19.2. The molecule has 178 valence electrons. The molecule has 0 amide bonds.